The summed E-state index contributed by atoms with van der Waals surface area (Å²) in [7, 11) is 1.88. The van der Waals surface area contributed by atoms with Gasteiger partial charge in [-0.2, -0.15) is 5.10 Å². The summed E-state index contributed by atoms with van der Waals surface area (Å²) in [4.78, 5) is 21.4. The van der Waals surface area contributed by atoms with Crippen molar-refractivity contribution in [3.05, 3.63) is 34.8 Å². The van der Waals surface area contributed by atoms with Crippen molar-refractivity contribution in [2.45, 2.75) is 25.8 Å². The maximum absolute atomic E-state index is 13.5. The zero-order valence-electron chi connectivity index (χ0n) is 15.6. The van der Waals surface area contributed by atoms with Crippen LogP contribution in [0.1, 0.15) is 28.9 Å². The van der Waals surface area contributed by atoms with Crippen molar-refractivity contribution < 1.29 is 4.79 Å². The van der Waals surface area contributed by atoms with Crippen LogP contribution in [0.15, 0.2) is 23.6 Å². The molecule has 0 aromatic carbocycles. The van der Waals surface area contributed by atoms with Gasteiger partial charge in [0.05, 0.1) is 27.2 Å². The number of carbonyl (C=O) groups is 1. The van der Waals surface area contributed by atoms with E-state index in [2.05, 4.69) is 5.10 Å². The molecule has 0 spiro atoms. The molecule has 4 heterocycles. The van der Waals surface area contributed by atoms with Gasteiger partial charge in [-0.05, 0) is 49.1 Å². The van der Waals surface area contributed by atoms with E-state index in [4.69, 9.17) is 10.7 Å². The Kier molecular flexibility index (Phi) is 3.84. The van der Waals surface area contributed by atoms with Crippen molar-refractivity contribution in [3.8, 4) is 10.6 Å². The molecule has 0 bridgehead atoms. The van der Waals surface area contributed by atoms with Crippen LogP contribution in [0.25, 0.3) is 21.6 Å². The van der Waals surface area contributed by atoms with Gasteiger partial charge >= 0.3 is 0 Å². The lowest BCUT2D eigenvalue weighted by atomic mass is 9.98. The second kappa shape index (κ2) is 6.14. The quantitative estimate of drug-likeness (QED) is 0.740. The highest BCUT2D eigenvalue weighted by Gasteiger charge is 2.43. The van der Waals surface area contributed by atoms with E-state index in [1.807, 2.05) is 42.5 Å². The number of amides is 1. The van der Waals surface area contributed by atoms with Crippen molar-refractivity contribution in [3.63, 3.8) is 0 Å². The molecule has 1 aliphatic heterocycles. The smallest absolute Gasteiger partial charge is 0.254 e. The lowest BCUT2D eigenvalue weighted by Crippen LogP contribution is -2.33. The van der Waals surface area contributed by atoms with Gasteiger partial charge in [-0.1, -0.05) is 6.07 Å². The summed E-state index contributed by atoms with van der Waals surface area (Å²) < 4.78 is 1.77. The first-order valence-corrected chi connectivity index (χ1v) is 10.3. The number of aromatic nitrogens is 3. The summed E-state index contributed by atoms with van der Waals surface area (Å²) in [6.45, 7) is 3.52. The number of aryl methyl sites for hydroxylation is 2. The molecule has 5 rings (SSSR count). The maximum Gasteiger partial charge on any atom is 0.254 e. The maximum atomic E-state index is 13.5. The zero-order valence-corrected chi connectivity index (χ0v) is 16.4. The van der Waals surface area contributed by atoms with Gasteiger partial charge in [-0.15, -0.1) is 11.3 Å². The zero-order chi connectivity index (χ0) is 18.7. The molecule has 1 amide bonds. The number of rotatable bonds is 2. The predicted octanol–water partition coefficient (Wildman–Crippen LogP) is 2.81. The molecule has 3 atom stereocenters. The third kappa shape index (κ3) is 2.60. The summed E-state index contributed by atoms with van der Waals surface area (Å²) in [5, 5.41) is 7.41. The summed E-state index contributed by atoms with van der Waals surface area (Å²) in [5.74, 6) is 1.07. The molecule has 1 saturated carbocycles. The molecular formula is C20H23N5OS. The minimum absolute atomic E-state index is 0.0814. The van der Waals surface area contributed by atoms with Crippen molar-refractivity contribution in [1.29, 1.82) is 0 Å². The number of thiophene rings is 1. The van der Waals surface area contributed by atoms with Crippen molar-refractivity contribution in [1.82, 2.24) is 19.7 Å². The number of hydrogen-bond acceptors (Lipinski definition) is 5. The van der Waals surface area contributed by atoms with Gasteiger partial charge in [0, 0.05) is 26.2 Å². The number of nitrogens with two attached hydrogens (primary N) is 1. The highest BCUT2D eigenvalue weighted by atomic mass is 32.1. The molecule has 2 aliphatic rings. The molecule has 3 aromatic heterocycles. The van der Waals surface area contributed by atoms with Crippen LogP contribution in [0.4, 0.5) is 0 Å². The van der Waals surface area contributed by atoms with E-state index in [0.29, 0.717) is 17.4 Å². The Labute approximate surface area is 162 Å². The van der Waals surface area contributed by atoms with Crippen LogP contribution in [-0.4, -0.2) is 44.7 Å². The van der Waals surface area contributed by atoms with Gasteiger partial charge in [-0.3, -0.25) is 9.48 Å². The van der Waals surface area contributed by atoms with Gasteiger partial charge in [0.2, 0.25) is 0 Å². The SMILES string of the molecule is Cc1nn(C)c2nc(-c3cccs3)cc(C(=O)N3CC4CCC(N)C4C3)c12. The van der Waals surface area contributed by atoms with Crippen molar-refractivity contribution >= 4 is 28.3 Å². The first-order valence-electron chi connectivity index (χ1n) is 9.46. The van der Waals surface area contributed by atoms with Gasteiger partial charge in [0.25, 0.3) is 5.91 Å². The first kappa shape index (κ1) is 16.9. The van der Waals surface area contributed by atoms with E-state index in [-0.39, 0.29) is 11.9 Å². The van der Waals surface area contributed by atoms with E-state index in [1.54, 1.807) is 16.0 Å². The van der Waals surface area contributed by atoms with Crippen LogP contribution in [0, 0.1) is 18.8 Å². The number of likely N-dealkylation sites (tertiary alicyclic amines) is 1. The van der Waals surface area contributed by atoms with Gasteiger partial charge in [0.15, 0.2) is 5.65 Å². The molecule has 7 heteroatoms. The largest absolute Gasteiger partial charge is 0.338 e. The average molecular weight is 382 g/mol. The van der Waals surface area contributed by atoms with Crippen molar-refractivity contribution in [2.24, 2.45) is 24.6 Å². The molecule has 1 saturated heterocycles. The Hall–Kier alpha value is -2.25. The molecule has 6 nitrogen and oxygen atoms in total. The van der Waals surface area contributed by atoms with E-state index in [9.17, 15) is 4.79 Å². The van der Waals surface area contributed by atoms with Crippen LogP contribution in [0.5, 0.6) is 0 Å². The van der Waals surface area contributed by atoms with Crippen LogP contribution in [0.2, 0.25) is 0 Å². The number of carbonyl (C=O) groups excluding carboxylic acids is 1. The first-order chi connectivity index (χ1) is 13.0. The topological polar surface area (TPSA) is 77.0 Å². The van der Waals surface area contributed by atoms with Crippen LogP contribution >= 0.6 is 11.3 Å². The number of nitrogens with zero attached hydrogens (tertiary/aromatic N) is 4. The minimum Gasteiger partial charge on any atom is -0.338 e. The molecule has 0 radical (unpaired) electrons. The Balaban J connectivity index is 1.60. The fraction of sp³-hybridized carbons (Fsp3) is 0.450. The highest BCUT2D eigenvalue weighted by molar-refractivity contribution is 7.13. The minimum atomic E-state index is 0.0814. The van der Waals surface area contributed by atoms with E-state index in [0.717, 1.165) is 53.2 Å². The second-order valence-corrected chi connectivity index (χ2v) is 8.76. The number of pyridine rings is 1. The van der Waals surface area contributed by atoms with E-state index < -0.39 is 0 Å². The van der Waals surface area contributed by atoms with Crippen LogP contribution < -0.4 is 5.73 Å². The highest BCUT2D eigenvalue weighted by Crippen LogP contribution is 2.38. The fourth-order valence-corrected chi connectivity index (χ4v) is 5.49. The Morgan fingerprint density at radius 1 is 1.33 bits per heavy atom. The summed E-state index contributed by atoms with van der Waals surface area (Å²) in [6.07, 6.45) is 2.22. The van der Waals surface area contributed by atoms with Gasteiger partial charge < -0.3 is 10.6 Å². The molecule has 27 heavy (non-hydrogen) atoms. The average Bonchev–Trinajstić information content (AvgIpc) is 3.42. The lowest BCUT2D eigenvalue weighted by Gasteiger charge is -2.19. The third-order valence-electron chi connectivity index (χ3n) is 6.17. The van der Waals surface area contributed by atoms with Crippen molar-refractivity contribution in [2.75, 3.05) is 13.1 Å². The fourth-order valence-electron chi connectivity index (χ4n) is 4.81. The molecule has 2 N–H and O–H groups in total. The monoisotopic (exact) mass is 381 g/mol. The Morgan fingerprint density at radius 2 is 2.19 bits per heavy atom. The molecule has 1 aliphatic carbocycles. The molecule has 3 unspecified atom stereocenters. The van der Waals surface area contributed by atoms with E-state index in [1.165, 1.54) is 0 Å². The molecule has 3 aromatic rings. The normalized spacial score (nSPS) is 24.7. The second-order valence-electron chi connectivity index (χ2n) is 7.82. The standard InChI is InChI=1S/C20H23N5OS/c1-11-18-13(20(26)25-9-12-5-6-15(21)14(12)10-25)8-16(17-4-3-7-27-17)22-19(18)24(2)23-11/h3-4,7-8,12,14-15H,5-6,9-10,21H2,1-2H3. The van der Waals surface area contributed by atoms with Crippen LogP contribution in [-0.2, 0) is 7.05 Å². The Morgan fingerprint density at radius 3 is 2.93 bits per heavy atom. The van der Waals surface area contributed by atoms with Gasteiger partial charge in [0.1, 0.15) is 0 Å². The summed E-state index contributed by atoms with van der Waals surface area (Å²) in [6, 6.07) is 6.21. The molecular weight excluding hydrogens is 358 g/mol. The molecule has 2 fully saturated rings. The Bertz CT molecular complexity index is 1020. The summed E-state index contributed by atoms with van der Waals surface area (Å²) in [5.41, 5.74) is 9.42. The summed E-state index contributed by atoms with van der Waals surface area (Å²) >= 11 is 1.63. The third-order valence-corrected chi connectivity index (χ3v) is 7.06. The van der Waals surface area contributed by atoms with E-state index >= 15 is 0 Å². The van der Waals surface area contributed by atoms with Crippen LogP contribution in [0.3, 0.4) is 0 Å². The predicted molar refractivity (Wildman–Crippen MR) is 107 cm³/mol. The lowest BCUT2D eigenvalue weighted by molar-refractivity contribution is 0.0781. The van der Waals surface area contributed by atoms with Gasteiger partial charge in [-0.25, -0.2) is 4.98 Å². The number of fused-ring (bicyclic) bond motifs is 2. The number of hydrogen-bond donors (Lipinski definition) is 1. The molecule has 140 valence electrons.